The van der Waals surface area contributed by atoms with Gasteiger partial charge in [0, 0.05) is 24.7 Å². The molecular weight excluding hydrogens is 326 g/mol. The van der Waals surface area contributed by atoms with Crippen molar-refractivity contribution in [2.75, 3.05) is 13.1 Å². The van der Waals surface area contributed by atoms with Gasteiger partial charge in [-0.25, -0.2) is 4.98 Å². The number of aromatic nitrogens is 2. The van der Waals surface area contributed by atoms with E-state index >= 15 is 0 Å². The van der Waals surface area contributed by atoms with Crippen LogP contribution in [0.4, 0.5) is 0 Å². The summed E-state index contributed by atoms with van der Waals surface area (Å²) < 4.78 is 5.18. The number of hydrogen-bond acceptors (Lipinski definition) is 4. The van der Waals surface area contributed by atoms with E-state index in [0.717, 1.165) is 44.3 Å². The highest BCUT2D eigenvalue weighted by atomic mass is 16.3. The predicted molar refractivity (Wildman–Crippen MR) is 99.9 cm³/mol. The maximum atomic E-state index is 12.6. The highest BCUT2D eigenvalue weighted by Crippen LogP contribution is 2.24. The summed E-state index contributed by atoms with van der Waals surface area (Å²) in [5.41, 5.74) is 2.76. The van der Waals surface area contributed by atoms with E-state index in [9.17, 15) is 4.79 Å². The zero-order valence-corrected chi connectivity index (χ0v) is 15.0. The number of likely N-dealkylation sites (tertiary alicyclic amines) is 1. The van der Waals surface area contributed by atoms with Gasteiger partial charge in [-0.15, -0.1) is 0 Å². The van der Waals surface area contributed by atoms with Crippen molar-refractivity contribution in [1.29, 1.82) is 0 Å². The second-order valence-corrected chi connectivity index (χ2v) is 7.09. The molecule has 4 rings (SSSR count). The third-order valence-electron chi connectivity index (χ3n) is 5.25. The van der Waals surface area contributed by atoms with E-state index in [2.05, 4.69) is 28.2 Å². The predicted octanol–water partition coefficient (Wildman–Crippen LogP) is 4.02. The summed E-state index contributed by atoms with van der Waals surface area (Å²) in [5, 5.41) is 1.19. The van der Waals surface area contributed by atoms with Crippen molar-refractivity contribution in [2.45, 2.75) is 32.6 Å². The SMILES string of the molecule is Cc1ocnc1C(=O)N1CCCC(Cc2cnc3ccccc3c2)CC1. The van der Waals surface area contributed by atoms with Crippen molar-refractivity contribution in [2.24, 2.45) is 5.92 Å². The first-order valence-electron chi connectivity index (χ1n) is 9.24. The van der Waals surface area contributed by atoms with Gasteiger partial charge < -0.3 is 9.32 Å². The van der Waals surface area contributed by atoms with Gasteiger partial charge in [0.25, 0.3) is 5.91 Å². The van der Waals surface area contributed by atoms with Gasteiger partial charge in [-0.3, -0.25) is 9.78 Å². The van der Waals surface area contributed by atoms with Gasteiger partial charge in [0.1, 0.15) is 5.76 Å². The summed E-state index contributed by atoms with van der Waals surface area (Å²) in [6.45, 7) is 3.35. The Hall–Kier alpha value is -2.69. The molecule has 1 unspecified atom stereocenters. The minimum absolute atomic E-state index is 0.00993. The molecule has 26 heavy (non-hydrogen) atoms. The molecule has 1 aliphatic rings. The molecule has 1 saturated heterocycles. The molecule has 5 nitrogen and oxygen atoms in total. The van der Waals surface area contributed by atoms with Crippen molar-refractivity contribution in [3.63, 3.8) is 0 Å². The molecule has 134 valence electrons. The van der Waals surface area contributed by atoms with Crippen molar-refractivity contribution in [1.82, 2.24) is 14.9 Å². The number of benzene rings is 1. The number of aryl methyl sites for hydroxylation is 1. The molecule has 1 aromatic carbocycles. The number of carbonyl (C=O) groups excluding carboxylic acids is 1. The van der Waals surface area contributed by atoms with Crippen molar-refractivity contribution >= 4 is 16.8 Å². The molecule has 1 amide bonds. The first kappa shape index (κ1) is 16.8. The lowest BCUT2D eigenvalue weighted by molar-refractivity contribution is 0.0753. The molecule has 3 aromatic rings. The fourth-order valence-corrected chi connectivity index (χ4v) is 3.79. The Morgan fingerprint density at radius 2 is 2.12 bits per heavy atom. The summed E-state index contributed by atoms with van der Waals surface area (Å²) in [5.74, 6) is 1.16. The van der Waals surface area contributed by atoms with Crippen molar-refractivity contribution < 1.29 is 9.21 Å². The second kappa shape index (κ2) is 7.28. The van der Waals surface area contributed by atoms with Gasteiger partial charge in [0.05, 0.1) is 5.52 Å². The monoisotopic (exact) mass is 349 g/mol. The van der Waals surface area contributed by atoms with Gasteiger partial charge >= 0.3 is 0 Å². The molecule has 0 N–H and O–H groups in total. The first-order chi connectivity index (χ1) is 12.7. The molecule has 0 aliphatic carbocycles. The third-order valence-corrected chi connectivity index (χ3v) is 5.25. The van der Waals surface area contributed by atoms with E-state index in [1.54, 1.807) is 6.92 Å². The Labute approximate surface area is 153 Å². The quantitative estimate of drug-likeness (QED) is 0.717. The van der Waals surface area contributed by atoms with Crippen LogP contribution in [0.3, 0.4) is 0 Å². The largest absolute Gasteiger partial charge is 0.448 e. The molecule has 1 fully saturated rings. The van der Waals surface area contributed by atoms with Crippen LogP contribution in [0.25, 0.3) is 10.9 Å². The maximum absolute atomic E-state index is 12.6. The number of rotatable bonds is 3. The fraction of sp³-hybridized carbons (Fsp3) is 0.381. The van der Waals surface area contributed by atoms with E-state index in [1.165, 1.54) is 17.3 Å². The fourth-order valence-electron chi connectivity index (χ4n) is 3.79. The van der Waals surface area contributed by atoms with Crippen LogP contribution in [-0.4, -0.2) is 33.9 Å². The van der Waals surface area contributed by atoms with E-state index < -0.39 is 0 Å². The zero-order chi connectivity index (χ0) is 17.9. The minimum atomic E-state index is -0.00993. The summed E-state index contributed by atoms with van der Waals surface area (Å²) in [6.07, 6.45) is 7.52. The zero-order valence-electron chi connectivity index (χ0n) is 15.0. The molecule has 0 bridgehead atoms. The van der Waals surface area contributed by atoms with Crippen LogP contribution in [0.1, 0.15) is 41.1 Å². The number of carbonyl (C=O) groups is 1. The summed E-state index contributed by atoms with van der Waals surface area (Å²) >= 11 is 0. The Bertz CT molecular complexity index is 918. The van der Waals surface area contributed by atoms with Crippen LogP contribution in [-0.2, 0) is 6.42 Å². The summed E-state index contributed by atoms with van der Waals surface area (Å²) in [6, 6.07) is 10.5. The van der Waals surface area contributed by atoms with Gasteiger partial charge in [-0.1, -0.05) is 18.2 Å². The highest BCUT2D eigenvalue weighted by Gasteiger charge is 2.24. The van der Waals surface area contributed by atoms with Crippen LogP contribution >= 0.6 is 0 Å². The van der Waals surface area contributed by atoms with Crippen LogP contribution in [0.15, 0.2) is 47.3 Å². The number of amides is 1. The van der Waals surface area contributed by atoms with Crippen LogP contribution < -0.4 is 0 Å². The topological polar surface area (TPSA) is 59.2 Å². The Morgan fingerprint density at radius 1 is 1.23 bits per heavy atom. The average Bonchev–Trinajstić information content (AvgIpc) is 2.95. The standard InChI is InChI=1S/C21H23N3O2/c1-15-20(23-14-26-15)21(25)24-9-4-5-16(8-10-24)11-17-12-18-6-2-3-7-19(18)22-13-17/h2-3,6-7,12-14,16H,4-5,8-11H2,1H3. The number of oxazole rings is 1. The molecule has 1 aliphatic heterocycles. The molecule has 0 saturated carbocycles. The number of para-hydroxylation sites is 1. The molecule has 5 heteroatoms. The number of nitrogens with zero attached hydrogens (tertiary/aromatic N) is 3. The normalized spacial score (nSPS) is 18.0. The van der Waals surface area contributed by atoms with E-state index in [1.807, 2.05) is 23.2 Å². The van der Waals surface area contributed by atoms with E-state index in [-0.39, 0.29) is 5.91 Å². The lowest BCUT2D eigenvalue weighted by Gasteiger charge is -2.19. The van der Waals surface area contributed by atoms with Gasteiger partial charge in [-0.2, -0.15) is 0 Å². The Kier molecular flexibility index (Phi) is 4.69. The summed E-state index contributed by atoms with van der Waals surface area (Å²) in [4.78, 5) is 23.2. The van der Waals surface area contributed by atoms with Crippen LogP contribution in [0, 0.1) is 12.8 Å². The number of hydrogen-bond donors (Lipinski definition) is 0. The number of pyridine rings is 1. The lowest BCUT2D eigenvalue weighted by atomic mass is 9.93. The van der Waals surface area contributed by atoms with Crippen molar-refractivity contribution in [3.05, 3.63) is 59.9 Å². The lowest BCUT2D eigenvalue weighted by Crippen LogP contribution is -2.32. The molecule has 0 spiro atoms. The Balaban J connectivity index is 1.41. The van der Waals surface area contributed by atoms with Gasteiger partial charge in [0.15, 0.2) is 12.1 Å². The smallest absolute Gasteiger partial charge is 0.276 e. The van der Waals surface area contributed by atoms with Gasteiger partial charge in [-0.05, 0) is 56.2 Å². The Morgan fingerprint density at radius 3 is 2.96 bits per heavy atom. The first-order valence-corrected chi connectivity index (χ1v) is 9.24. The van der Waals surface area contributed by atoms with E-state index in [0.29, 0.717) is 17.4 Å². The van der Waals surface area contributed by atoms with Crippen molar-refractivity contribution in [3.8, 4) is 0 Å². The molecule has 1 atom stereocenters. The molecular formula is C21H23N3O2. The van der Waals surface area contributed by atoms with E-state index in [4.69, 9.17) is 4.42 Å². The highest BCUT2D eigenvalue weighted by molar-refractivity contribution is 5.93. The number of fused-ring (bicyclic) bond motifs is 1. The molecule has 3 heterocycles. The summed E-state index contributed by atoms with van der Waals surface area (Å²) in [7, 11) is 0. The molecule has 2 aromatic heterocycles. The maximum Gasteiger partial charge on any atom is 0.276 e. The second-order valence-electron chi connectivity index (χ2n) is 7.09. The minimum Gasteiger partial charge on any atom is -0.448 e. The average molecular weight is 349 g/mol. The van der Waals surface area contributed by atoms with Crippen LogP contribution in [0.2, 0.25) is 0 Å². The van der Waals surface area contributed by atoms with Gasteiger partial charge in [0.2, 0.25) is 0 Å². The molecule has 0 radical (unpaired) electrons. The third kappa shape index (κ3) is 3.47. The van der Waals surface area contributed by atoms with Crippen LogP contribution in [0.5, 0.6) is 0 Å².